The first kappa shape index (κ1) is 27.0. The molecule has 0 spiro atoms. The molecule has 196 valence electrons. The van der Waals surface area contributed by atoms with E-state index < -0.39 is 23.4 Å². The standard InChI is InChI=1S/C25H22BrClF3N3O4/c1-32-23(34)20-10-7-16(13-15-5-8-17(27)9-6-15)22(31-21(20)33(12-11-26)24(32)35)36-18-3-2-4-19(14-18)37-25(28,29)30/h2-6,8-9,14,16H,7,10-13H2,1H3. The zero-order chi connectivity index (χ0) is 26.7. The number of benzene rings is 2. The Labute approximate surface area is 223 Å². The lowest BCUT2D eigenvalue weighted by Gasteiger charge is -2.19. The first-order valence-corrected chi connectivity index (χ1v) is 12.8. The average molecular weight is 601 g/mol. The zero-order valence-corrected chi connectivity index (χ0v) is 21.9. The van der Waals surface area contributed by atoms with Crippen LogP contribution in [-0.2, 0) is 26.4 Å². The summed E-state index contributed by atoms with van der Waals surface area (Å²) in [6.07, 6.45) is -3.61. The molecule has 37 heavy (non-hydrogen) atoms. The van der Waals surface area contributed by atoms with Crippen LogP contribution in [0.2, 0.25) is 5.02 Å². The Hall–Kier alpha value is -3.05. The molecule has 12 heteroatoms. The van der Waals surface area contributed by atoms with Crippen LogP contribution in [0, 0.1) is 5.92 Å². The van der Waals surface area contributed by atoms with E-state index in [1.54, 1.807) is 12.1 Å². The van der Waals surface area contributed by atoms with Crippen molar-refractivity contribution in [3.05, 3.63) is 85.5 Å². The van der Waals surface area contributed by atoms with Gasteiger partial charge in [0.15, 0.2) is 5.90 Å². The van der Waals surface area contributed by atoms with Gasteiger partial charge in [0.2, 0.25) is 0 Å². The van der Waals surface area contributed by atoms with E-state index in [1.165, 1.54) is 23.7 Å². The molecule has 2 aromatic carbocycles. The zero-order valence-electron chi connectivity index (χ0n) is 19.6. The molecule has 0 saturated heterocycles. The fourth-order valence-electron chi connectivity index (χ4n) is 4.15. The smallest absolute Gasteiger partial charge is 0.442 e. The Kier molecular flexibility index (Phi) is 8.13. The quantitative estimate of drug-likeness (QED) is 0.355. The molecule has 1 aliphatic heterocycles. The van der Waals surface area contributed by atoms with Crippen molar-refractivity contribution in [3.63, 3.8) is 0 Å². The summed E-state index contributed by atoms with van der Waals surface area (Å²) < 4.78 is 50.7. The molecule has 1 atom stereocenters. The third kappa shape index (κ3) is 6.45. The summed E-state index contributed by atoms with van der Waals surface area (Å²) in [4.78, 5) is 30.5. The maximum atomic E-state index is 13.0. The first-order valence-electron chi connectivity index (χ1n) is 11.3. The summed E-state index contributed by atoms with van der Waals surface area (Å²) in [7, 11) is 1.42. The highest BCUT2D eigenvalue weighted by atomic mass is 79.9. The average Bonchev–Trinajstić information content (AvgIpc) is 3.01. The van der Waals surface area contributed by atoms with Crippen LogP contribution in [-0.4, -0.2) is 26.7 Å². The van der Waals surface area contributed by atoms with Crippen molar-refractivity contribution >= 4 is 39.2 Å². The number of aromatic nitrogens is 2. The van der Waals surface area contributed by atoms with Gasteiger partial charge < -0.3 is 9.47 Å². The van der Waals surface area contributed by atoms with Crippen molar-refractivity contribution < 1.29 is 22.6 Å². The van der Waals surface area contributed by atoms with Gasteiger partial charge in [0, 0.05) is 35.9 Å². The minimum atomic E-state index is -4.86. The van der Waals surface area contributed by atoms with Gasteiger partial charge in [-0.15, -0.1) is 13.2 Å². The minimum absolute atomic E-state index is 0.0725. The highest BCUT2D eigenvalue weighted by molar-refractivity contribution is 9.09. The molecule has 3 aromatic rings. The molecule has 0 N–H and O–H groups in total. The third-order valence-corrected chi connectivity index (χ3v) is 6.49. The van der Waals surface area contributed by atoms with Gasteiger partial charge in [-0.2, -0.15) is 4.99 Å². The molecule has 0 saturated carbocycles. The van der Waals surface area contributed by atoms with Crippen molar-refractivity contribution in [1.29, 1.82) is 0 Å². The molecule has 1 aromatic heterocycles. The van der Waals surface area contributed by atoms with Crippen LogP contribution in [0.4, 0.5) is 19.0 Å². The number of nitrogens with zero attached hydrogens (tertiary/aromatic N) is 3. The topological polar surface area (TPSA) is 74.8 Å². The van der Waals surface area contributed by atoms with E-state index in [4.69, 9.17) is 16.3 Å². The second-order valence-corrected chi connectivity index (χ2v) is 9.66. The first-order chi connectivity index (χ1) is 17.6. The van der Waals surface area contributed by atoms with Gasteiger partial charge in [0.25, 0.3) is 5.56 Å². The molecule has 0 fully saturated rings. The molecule has 7 nitrogen and oxygen atoms in total. The van der Waals surface area contributed by atoms with E-state index in [1.807, 2.05) is 12.1 Å². The Balaban J connectivity index is 1.81. The number of fused-ring (bicyclic) bond motifs is 1. The van der Waals surface area contributed by atoms with Gasteiger partial charge in [-0.1, -0.05) is 45.7 Å². The van der Waals surface area contributed by atoms with E-state index in [2.05, 4.69) is 25.7 Å². The van der Waals surface area contributed by atoms with E-state index in [0.29, 0.717) is 35.2 Å². The molecule has 0 radical (unpaired) electrons. The number of alkyl halides is 4. The van der Waals surface area contributed by atoms with Gasteiger partial charge in [-0.3, -0.25) is 13.9 Å². The molecular weight excluding hydrogens is 579 g/mol. The second kappa shape index (κ2) is 11.1. The SMILES string of the molecule is Cn1c(=O)c2c(n(CCBr)c1=O)N=C(Oc1cccc(OC(F)(F)F)c1)C(Cc1ccc(Cl)cc1)CC2. The lowest BCUT2D eigenvalue weighted by Crippen LogP contribution is -2.40. The molecule has 0 amide bonds. The number of hydrogen-bond acceptors (Lipinski definition) is 5. The van der Waals surface area contributed by atoms with E-state index in [-0.39, 0.29) is 29.9 Å². The maximum absolute atomic E-state index is 13.0. The molecular formula is C25H22BrClF3N3O4. The van der Waals surface area contributed by atoms with Crippen molar-refractivity contribution in [1.82, 2.24) is 9.13 Å². The van der Waals surface area contributed by atoms with Gasteiger partial charge in [-0.25, -0.2) is 4.79 Å². The van der Waals surface area contributed by atoms with Crippen LogP contribution in [0.25, 0.3) is 0 Å². The van der Waals surface area contributed by atoms with Gasteiger partial charge in [0.1, 0.15) is 17.3 Å². The maximum Gasteiger partial charge on any atom is 0.573 e. The Morgan fingerprint density at radius 2 is 1.84 bits per heavy atom. The van der Waals surface area contributed by atoms with E-state index >= 15 is 0 Å². The molecule has 1 aliphatic rings. The number of hydrogen-bond donors (Lipinski definition) is 0. The second-order valence-electron chi connectivity index (χ2n) is 8.43. The largest absolute Gasteiger partial charge is 0.573 e. The van der Waals surface area contributed by atoms with Gasteiger partial charge in [0.05, 0.1) is 5.56 Å². The number of halogens is 5. The Morgan fingerprint density at radius 1 is 1.14 bits per heavy atom. The van der Waals surface area contributed by atoms with Crippen LogP contribution >= 0.6 is 27.5 Å². The van der Waals surface area contributed by atoms with Crippen molar-refractivity contribution in [2.24, 2.45) is 18.0 Å². The molecule has 2 heterocycles. The van der Waals surface area contributed by atoms with E-state index in [9.17, 15) is 22.8 Å². The van der Waals surface area contributed by atoms with Crippen molar-refractivity contribution in [3.8, 4) is 11.5 Å². The lowest BCUT2D eigenvalue weighted by atomic mass is 9.93. The fraction of sp³-hybridized carbons (Fsp3) is 0.320. The molecule has 0 aliphatic carbocycles. The predicted molar refractivity (Wildman–Crippen MR) is 138 cm³/mol. The summed E-state index contributed by atoms with van der Waals surface area (Å²) in [6.45, 7) is 0.253. The minimum Gasteiger partial charge on any atom is -0.442 e. The molecule has 4 rings (SSSR count). The van der Waals surface area contributed by atoms with E-state index in [0.717, 1.165) is 22.3 Å². The van der Waals surface area contributed by atoms with Crippen LogP contribution in [0.15, 0.2) is 63.1 Å². The van der Waals surface area contributed by atoms with Crippen LogP contribution in [0.3, 0.4) is 0 Å². The number of aliphatic imine (C=N–C) groups is 1. The highest BCUT2D eigenvalue weighted by Gasteiger charge is 2.32. The number of rotatable bonds is 6. The predicted octanol–water partition coefficient (Wildman–Crippen LogP) is 5.41. The van der Waals surface area contributed by atoms with Crippen LogP contribution in [0.5, 0.6) is 11.5 Å². The molecule has 1 unspecified atom stereocenters. The van der Waals surface area contributed by atoms with Crippen LogP contribution in [0.1, 0.15) is 17.5 Å². The number of ether oxygens (including phenoxy) is 2. The lowest BCUT2D eigenvalue weighted by molar-refractivity contribution is -0.274. The van der Waals surface area contributed by atoms with Crippen LogP contribution < -0.4 is 20.7 Å². The van der Waals surface area contributed by atoms with Gasteiger partial charge in [-0.05, 0) is 49.1 Å². The summed E-state index contributed by atoms with van der Waals surface area (Å²) >= 11 is 9.35. The summed E-state index contributed by atoms with van der Waals surface area (Å²) in [5.41, 5.74) is 0.332. The van der Waals surface area contributed by atoms with Crippen molar-refractivity contribution in [2.45, 2.75) is 32.2 Å². The normalized spacial score (nSPS) is 15.5. The fourth-order valence-corrected chi connectivity index (χ4v) is 4.63. The summed E-state index contributed by atoms with van der Waals surface area (Å²) in [5.74, 6) is -0.363. The monoisotopic (exact) mass is 599 g/mol. The Morgan fingerprint density at radius 3 is 2.51 bits per heavy atom. The summed E-state index contributed by atoms with van der Waals surface area (Å²) in [5, 5.41) is 1.01. The highest BCUT2D eigenvalue weighted by Crippen LogP contribution is 2.31. The molecule has 0 bridgehead atoms. The Bertz CT molecular complexity index is 1440. The third-order valence-electron chi connectivity index (χ3n) is 5.88. The van der Waals surface area contributed by atoms with Gasteiger partial charge >= 0.3 is 12.1 Å². The van der Waals surface area contributed by atoms with Crippen molar-refractivity contribution in [2.75, 3.05) is 5.33 Å². The summed E-state index contributed by atoms with van der Waals surface area (Å²) in [6, 6.07) is 12.3.